The molecule has 5 nitrogen and oxygen atoms in total. The Kier molecular flexibility index (Phi) is 4.24. The summed E-state index contributed by atoms with van der Waals surface area (Å²) in [7, 11) is 0. The molecule has 1 amide bonds. The van der Waals surface area contributed by atoms with Gasteiger partial charge in [-0.05, 0) is 24.1 Å². The average molecular weight is 336 g/mol. The van der Waals surface area contributed by atoms with E-state index in [1.54, 1.807) is 4.90 Å². The predicted molar refractivity (Wildman–Crippen MR) is 94.1 cm³/mol. The molecule has 25 heavy (non-hydrogen) atoms. The van der Waals surface area contributed by atoms with E-state index >= 15 is 0 Å². The van der Waals surface area contributed by atoms with E-state index < -0.39 is 6.10 Å². The number of aliphatic hydroxyl groups is 1. The van der Waals surface area contributed by atoms with E-state index in [2.05, 4.69) is 5.16 Å². The second kappa shape index (κ2) is 6.69. The van der Waals surface area contributed by atoms with Crippen LogP contribution in [-0.4, -0.2) is 40.3 Å². The van der Waals surface area contributed by atoms with Crippen LogP contribution in [0.1, 0.15) is 23.6 Å². The topological polar surface area (TPSA) is 66.6 Å². The normalized spacial score (nSPS) is 20.8. The second-order valence-corrected chi connectivity index (χ2v) is 6.52. The molecule has 1 N–H and O–H groups in total. The first-order valence-electron chi connectivity index (χ1n) is 8.56. The van der Waals surface area contributed by atoms with Crippen LogP contribution in [0.4, 0.5) is 0 Å². The van der Waals surface area contributed by atoms with Gasteiger partial charge in [0, 0.05) is 24.4 Å². The molecule has 1 aliphatic heterocycles. The first-order chi connectivity index (χ1) is 12.2. The Labute approximate surface area is 145 Å². The maximum atomic E-state index is 12.6. The molecule has 2 heterocycles. The predicted octanol–water partition coefficient (Wildman–Crippen LogP) is 2.75. The Bertz CT molecular complexity index is 875. The summed E-state index contributed by atoms with van der Waals surface area (Å²) in [5, 5.41) is 15.4. The Morgan fingerprint density at radius 1 is 1.16 bits per heavy atom. The molecule has 0 spiro atoms. The SMILES string of the molecule is O=C(Cc1noc2ccccc12)N1CC[C@H](c2ccccc2)[C@H](O)C1. The molecule has 128 valence electrons. The van der Waals surface area contributed by atoms with Crippen LogP contribution in [0.2, 0.25) is 0 Å². The number of likely N-dealkylation sites (tertiary alicyclic amines) is 1. The fourth-order valence-electron chi connectivity index (χ4n) is 3.57. The summed E-state index contributed by atoms with van der Waals surface area (Å²) < 4.78 is 5.26. The number of benzene rings is 2. The van der Waals surface area contributed by atoms with E-state index in [4.69, 9.17) is 4.52 Å². The number of amides is 1. The number of para-hydroxylation sites is 1. The molecule has 2 aromatic carbocycles. The molecule has 1 saturated heterocycles. The first-order valence-corrected chi connectivity index (χ1v) is 8.56. The molecule has 0 saturated carbocycles. The third-order valence-corrected chi connectivity index (χ3v) is 4.93. The lowest BCUT2D eigenvalue weighted by molar-refractivity contribution is -0.134. The summed E-state index contributed by atoms with van der Waals surface area (Å²) in [5.41, 5.74) is 2.47. The van der Waals surface area contributed by atoms with Crippen molar-refractivity contribution in [1.29, 1.82) is 0 Å². The summed E-state index contributed by atoms with van der Waals surface area (Å²) in [4.78, 5) is 14.4. The molecular weight excluding hydrogens is 316 g/mol. The quantitative estimate of drug-likeness (QED) is 0.799. The van der Waals surface area contributed by atoms with Gasteiger partial charge in [0.2, 0.25) is 5.91 Å². The Hall–Kier alpha value is -2.66. The van der Waals surface area contributed by atoms with Crippen LogP contribution >= 0.6 is 0 Å². The monoisotopic (exact) mass is 336 g/mol. The third-order valence-electron chi connectivity index (χ3n) is 4.93. The van der Waals surface area contributed by atoms with Gasteiger partial charge in [-0.2, -0.15) is 0 Å². The van der Waals surface area contributed by atoms with Gasteiger partial charge in [-0.15, -0.1) is 0 Å². The standard InChI is InChI=1S/C20H20N2O3/c23-18-13-22(11-10-15(18)14-6-2-1-3-7-14)20(24)12-17-16-8-4-5-9-19(16)25-21-17/h1-9,15,18,23H,10-13H2/t15-,18-/m1/s1. The van der Waals surface area contributed by atoms with Crippen molar-refractivity contribution in [3.63, 3.8) is 0 Å². The maximum Gasteiger partial charge on any atom is 0.228 e. The van der Waals surface area contributed by atoms with Crippen molar-refractivity contribution in [2.75, 3.05) is 13.1 Å². The van der Waals surface area contributed by atoms with E-state index in [0.717, 1.165) is 17.4 Å². The number of rotatable bonds is 3. The number of hydrogen-bond donors (Lipinski definition) is 1. The van der Waals surface area contributed by atoms with Crippen LogP contribution in [0.15, 0.2) is 59.1 Å². The molecular formula is C20H20N2O3. The number of β-amino-alcohol motifs (C(OH)–C–C–N with tert-alkyl or cyclic N) is 1. The van der Waals surface area contributed by atoms with Gasteiger partial charge in [0.05, 0.1) is 12.5 Å². The highest BCUT2D eigenvalue weighted by atomic mass is 16.5. The molecule has 0 bridgehead atoms. The molecule has 1 aromatic heterocycles. The molecule has 2 atom stereocenters. The summed E-state index contributed by atoms with van der Waals surface area (Å²) in [6.07, 6.45) is 0.408. The minimum atomic E-state index is -0.547. The van der Waals surface area contributed by atoms with E-state index in [0.29, 0.717) is 24.4 Å². The van der Waals surface area contributed by atoms with Gasteiger partial charge in [0.25, 0.3) is 0 Å². The van der Waals surface area contributed by atoms with Gasteiger partial charge in [0.1, 0.15) is 5.69 Å². The van der Waals surface area contributed by atoms with Crippen LogP contribution in [0.5, 0.6) is 0 Å². The first kappa shape index (κ1) is 15.8. The van der Waals surface area contributed by atoms with Gasteiger partial charge >= 0.3 is 0 Å². The lowest BCUT2D eigenvalue weighted by Crippen LogP contribution is -2.46. The number of fused-ring (bicyclic) bond motifs is 1. The number of aromatic nitrogens is 1. The smallest absolute Gasteiger partial charge is 0.228 e. The van der Waals surface area contributed by atoms with Crippen LogP contribution in [0, 0.1) is 0 Å². The average Bonchev–Trinajstić information content (AvgIpc) is 3.05. The van der Waals surface area contributed by atoms with Crippen molar-refractivity contribution in [3.05, 3.63) is 65.9 Å². The third kappa shape index (κ3) is 3.15. The lowest BCUT2D eigenvalue weighted by atomic mass is 9.87. The summed E-state index contributed by atoms with van der Waals surface area (Å²) in [6, 6.07) is 17.5. The zero-order chi connectivity index (χ0) is 17.2. The Morgan fingerprint density at radius 2 is 1.92 bits per heavy atom. The van der Waals surface area contributed by atoms with Crippen molar-refractivity contribution in [3.8, 4) is 0 Å². The molecule has 1 fully saturated rings. The van der Waals surface area contributed by atoms with Crippen molar-refractivity contribution in [2.45, 2.75) is 24.9 Å². The van der Waals surface area contributed by atoms with Crippen LogP contribution in [-0.2, 0) is 11.2 Å². The molecule has 0 radical (unpaired) electrons. The summed E-state index contributed by atoms with van der Waals surface area (Å²) in [5.74, 6) is 0.0581. The van der Waals surface area contributed by atoms with E-state index in [9.17, 15) is 9.90 Å². The molecule has 5 heteroatoms. The van der Waals surface area contributed by atoms with E-state index in [1.165, 1.54) is 0 Å². The van der Waals surface area contributed by atoms with Gasteiger partial charge in [-0.1, -0.05) is 47.6 Å². The molecule has 3 aromatic rings. The maximum absolute atomic E-state index is 12.6. The minimum absolute atomic E-state index is 0.0235. The molecule has 0 aliphatic carbocycles. The van der Waals surface area contributed by atoms with Crippen LogP contribution < -0.4 is 0 Å². The number of piperidine rings is 1. The number of nitrogens with zero attached hydrogens (tertiary/aromatic N) is 2. The Morgan fingerprint density at radius 3 is 2.72 bits per heavy atom. The fourth-order valence-corrected chi connectivity index (χ4v) is 3.57. The lowest BCUT2D eigenvalue weighted by Gasteiger charge is -2.36. The fraction of sp³-hybridized carbons (Fsp3) is 0.300. The summed E-state index contributed by atoms with van der Waals surface area (Å²) >= 11 is 0. The Balaban J connectivity index is 1.44. The number of hydrogen-bond acceptors (Lipinski definition) is 4. The largest absolute Gasteiger partial charge is 0.391 e. The van der Waals surface area contributed by atoms with Crippen LogP contribution in [0.25, 0.3) is 11.0 Å². The van der Waals surface area contributed by atoms with E-state index in [1.807, 2.05) is 54.6 Å². The van der Waals surface area contributed by atoms with Crippen molar-refractivity contribution >= 4 is 16.9 Å². The molecule has 1 aliphatic rings. The van der Waals surface area contributed by atoms with Gasteiger partial charge < -0.3 is 14.5 Å². The molecule has 0 unspecified atom stereocenters. The number of aliphatic hydroxyl groups excluding tert-OH is 1. The number of carbonyl (C=O) groups is 1. The zero-order valence-corrected chi connectivity index (χ0v) is 13.8. The van der Waals surface area contributed by atoms with Crippen LogP contribution in [0.3, 0.4) is 0 Å². The summed E-state index contributed by atoms with van der Waals surface area (Å²) in [6.45, 7) is 0.999. The van der Waals surface area contributed by atoms with Crippen molar-refractivity contribution < 1.29 is 14.4 Å². The highest BCUT2D eigenvalue weighted by molar-refractivity contribution is 5.86. The second-order valence-electron chi connectivity index (χ2n) is 6.52. The van der Waals surface area contributed by atoms with Gasteiger partial charge in [-0.25, -0.2) is 0 Å². The highest BCUT2D eigenvalue weighted by Gasteiger charge is 2.31. The molecule has 4 rings (SSSR count). The number of carbonyl (C=O) groups excluding carboxylic acids is 1. The highest BCUT2D eigenvalue weighted by Crippen LogP contribution is 2.29. The van der Waals surface area contributed by atoms with Crippen molar-refractivity contribution in [2.24, 2.45) is 0 Å². The zero-order valence-electron chi connectivity index (χ0n) is 13.8. The van der Waals surface area contributed by atoms with Gasteiger partial charge in [0.15, 0.2) is 5.58 Å². The van der Waals surface area contributed by atoms with Gasteiger partial charge in [-0.3, -0.25) is 4.79 Å². The van der Waals surface area contributed by atoms with Crippen molar-refractivity contribution in [1.82, 2.24) is 10.1 Å². The van der Waals surface area contributed by atoms with E-state index in [-0.39, 0.29) is 18.2 Å². The minimum Gasteiger partial charge on any atom is -0.391 e.